The fourth-order valence-electron chi connectivity index (χ4n) is 3.05. The van der Waals surface area contributed by atoms with Crippen LogP contribution < -0.4 is 5.73 Å². The lowest BCUT2D eigenvalue weighted by atomic mass is 9.57. The van der Waals surface area contributed by atoms with Gasteiger partial charge in [-0.25, -0.2) is 0 Å². The summed E-state index contributed by atoms with van der Waals surface area (Å²) in [7, 11) is 0. The molecule has 0 spiro atoms. The summed E-state index contributed by atoms with van der Waals surface area (Å²) < 4.78 is 5.61. The van der Waals surface area contributed by atoms with Crippen LogP contribution in [-0.4, -0.2) is 15.7 Å². The molecule has 4 heteroatoms. The van der Waals surface area contributed by atoms with Gasteiger partial charge in [0.05, 0.1) is 0 Å². The highest BCUT2D eigenvalue weighted by molar-refractivity contribution is 5.14. The van der Waals surface area contributed by atoms with E-state index in [1.54, 1.807) is 0 Å². The molecule has 0 unspecified atom stereocenters. The number of fused-ring (bicyclic) bond motifs is 3. The molecule has 15 heavy (non-hydrogen) atoms. The molecule has 3 aliphatic rings. The van der Waals surface area contributed by atoms with Crippen LogP contribution in [0.3, 0.4) is 0 Å². The van der Waals surface area contributed by atoms with E-state index in [0.29, 0.717) is 5.89 Å². The predicted octanol–water partition coefficient (Wildman–Crippen LogP) is 1.68. The highest BCUT2D eigenvalue weighted by Gasteiger charge is 2.50. The molecule has 0 aromatic carbocycles. The Morgan fingerprint density at radius 3 is 2.13 bits per heavy atom. The molecular weight excluding hydrogens is 190 g/mol. The summed E-state index contributed by atoms with van der Waals surface area (Å²) in [5.41, 5.74) is 6.53. The number of aryl methyl sites for hydroxylation is 1. The SMILES string of the molecule is Cc1nnc(C23CCC(N)(CC2)CC3)o1. The monoisotopic (exact) mass is 207 g/mol. The Balaban J connectivity index is 1.93. The minimum Gasteiger partial charge on any atom is -0.425 e. The lowest BCUT2D eigenvalue weighted by Gasteiger charge is -2.49. The Kier molecular flexibility index (Phi) is 1.75. The molecule has 3 aliphatic carbocycles. The molecule has 2 bridgehead atoms. The van der Waals surface area contributed by atoms with Crippen LogP contribution in [0.4, 0.5) is 0 Å². The number of rotatable bonds is 1. The second-order valence-electron chi connectivity index (χ2n) is 5.27. The van der Waals surface area contributed by atoms with Crippen LogP contribution in [0.2, 0.25) is 0 Å². The van der Waals surface area contributed by atoms with Crippen molar-refractivity contribution in [3.63, 3.8) is 0 Å². The van der Waals surface area contributed by atoms with E-state index >= 15 is 0 Å². The van der Waals surface area contributed by atoms with Gasteiger partial charge in [-0.1, -0.05) is 0 Å². The number of hydrogen-bond acceptors (Lipinski definition) is 4. The summed E-state index contributed by atoms with van der Waals surface area (Å²) in [6, 6.07) is 0. The van der Waals surface area contributed by atoms with E-state index in [-0.39, 0.29) is 11.0 Å². The van der Waals surface area contributed by atoms with Crippen molar-refractivity contribution in [2.45, 2.75) is 56.4 Å². The van der Waals surface area contributed by atoms with Gasteiger partial charge in [0.1, 0.15) is 0 Å². The zero-order valence-corrected chi connectivity index (χ0v) is 9.12. The van der Waals surface area contributed by atoms with Crippen molar-refractivity contribution in [3.05, 3.63) is 11.8 Å². The third-order valence-electron chi connectivity index (χ3n) is 4.28. The molecule has 3 fully saturated rings. The van der Waals surface area contributed by atoms with Crippen LogP contribution in [-0.2, 0) is 5.41 Å². The van der Waals surface area contributed by atoms with E-state index in [2.05, 4.69) is 10.2 Å². The van der Waals surface area contributed by atoms with Gasteiger partial charge >= 0.3 is 0 Å². The van der Waals surface area contributed by atoms with Crippen LogP contribution in [0.15, 0.2) is 4.42 Å². The first-order valence-corrected chi connectivity index (χ1v) is 5.72. The molecule has 4 nitrogen and oxygen atoms in total. The van der Waals surface area contributed by atoms with Crippen molar-refractivity contribution in [3.8, 4) is 0 Å². The molecule has 1 heterocycles. The van der Waals surface area contributed by atoms with Crippen LogP contribution in [0.5, 0.6) is 0 Å². The second-order valence-corrected chi connectivity index (χ2v) is 5.27. The van der Waals surface area contributed by atoms with E-state index in [1.165, 1.54) is 0 Å². The average molecular weight is 207 g/mol. The maximum Gasteiger partial charge on any atom is 0.222 e. The van der Waals surface area contributed by atoms with Gasteiger partial charge in [0.15, 0.2) is 0 Å². The number of nitrogens with two attached hydrogens (primary N) is 1. The molecule has 1 aromatic rings. The van der Waals surface area contributed by atoms with Crippen molar-refractivity contribution >= 4 is 0 Å². The Morgan fingerprint density at radius 1 is 1.07 bits per heavy atom. The quantitative estimate of drug-likeness (QED) is 0.761. The van der Waals surface area contributed by atoms with Gasteiger partial charge in [0.25, 0.3) is 0 Å². The van der Waals surface area contributed by atoms with E-state index in [9.17, 15) is 0 Å². The van der Waals surface area contributed by atoms with E-state index < -0.39 is 0 Å². The summed E-state index contributed by atoms with van der Waals surface area (Å²) >= 11 is 0. The molecule has 0 saturated heterocycles. The van der Waals surface area contributed by atoms with E-state index in [4.69, 9.17) is 10.2 Å². The largest absolute Gasteiger partial charge is 0.425 e. The van der Waals surface area contributed by atoms with Crippen LogP contribution in [0.25, 0.3) is 0 Å². The molecule has 0 atom stereocenters. The fourth-order valence-corrected chi connectivity index (χ4v) is 3.05. The molecular formula is C11H17N3O. The topological polar surface area (TPSA) is 64.9 Å². The zero-order chi connectivity index (χ0) is 10.5. The summed E-state index contributed by atoms with van der Waals surface area (Å²) in [6.45, 7) is 1.85. The first kappa shape index (κ1) is 9.33. The molecule has 0 aliphatic heterocycles. The van der Waals surface area contributed by atoms with Gasteiger partial charge < -0.3 is 10.2 Å². The summed E-state index contributed by atoms with van der Waals surface area (Å²) in [4.78, 5) is 0. The van der Waals surface area contributed by atoms with E-state index in [1.807, 2.05) is 6.92 Å². The lowest BCUT2D eigenvalue weighted by molar-refractivity contribution is 0.0852. The first-order chi connectivity index (χ1) is 7.12. The van der Waals surface area contributed by atoms with Crippen LogP contribution >= 0.6 is 0 Å². The van der Waals surface area contributed by atoms with Gasteiger partial charge in [-0.05, 0) is 38.5 Å². The maximum atomic E-state index is 6.27. The van der Waals surface area contributed by atoms with Gasteiger partial charge in [-0.2, -0.15) is 0 Å². The molecule has 0 radical (unpaired) electrons. The standard InChI is InChI=1S/C11H17N3O/c1-8-13-14-9(15-8)10-2-5-11(12,6-3-10)7-4-10/h2-7,12H2,1H3. The van der Waals surface area contributed by atoms with Gasteiger partial charge in [0.2, 0.25) is 11.8 Å². The molecule has 0 amide bonds. The second kappa shape index (κ2) is 2.82. The zero-order valence-electron chi connectivity index (χ0n) is 9.12. The van der Waals surface area contributed by atoms with Crippen molar-refractivity contribution in [1.82, 2.24) is 10.2 Å². The third kappa shape index (κ3) is 1.31. The molecule has 4 rings (SSSR count). The maximum absolute atomic E-state index is 6.27. The Morgan fingerprint density at radius 2 is 1.67 bits per heavy atom. The van der Waals surface area contributed by atoms with Crippen molar-refractivity contribution in [1.29, 1.82) is 0 Å². The Labute approximate surface area is 89.2 Å². The minimum atomic E-state index is 0.108. The third-order valence-corrected chi connectivity index (χ3v) is 4.28. The van der Waals surface area contributed by atoms with Crippen LogP contribution in [0, 0.1) is 6.92 Å². The minimum absolute atomic E-state index is 0.108. The van der Waals surface area contributed by atoms with Crippen molar-refractivity contribution < 1.29 is 4.42 Å². The smallest absolute Gasteiger partial charge is 0.222 e. The lowest BCUT2D eigenvalue weighted by Crippen LogP contribution is -2.53. The Hall–Kier alpha value is -0.900. The number of aromatic nitrogens is 2. The van der Waals surface area contributed by atoms with Gasteiger partial charge in [-0.3, -0.25) is 0 Å². The highest BCUT2D eigenvalue weighted by atomic mass is 16.4. The fraction of sp³-hybridized carbons (Fsp3) is 0.818. The summed E-state index contributed by atoms with van der Waals surface area (Å²) in [5, 5.41) is 8.14. The summed E-state index contributed by atoms with van der Waals surface area (Å²) in [5.74, 6) is 1.52. The number of nitrogens with zero attached hydrogens (tertiary/aromatic N) is 2. The molecule has 82 valence electrons. The predicted molar refractivity (Wildman–Crippen MR) is 55.3 cm³/mol. The molecule has 1 aromatic heterocycles. The average Bonchev–Trinajstić information content (AvgIpc) is 2.67. The highest BCUT2D eigenvalue weighted by Crippen LogP contribution is 2.52. The first-order valence-electron chi connectivity index (χ1n) is 5.72. The van der Waals surface area contributed by atoms with Gasteiger partial charge in [0, 0.05) is 17.9 Å². The normalized spacial score (nSPS) is 39.6. The molecule has 2 N–H and O–H groups in total. The van der Waals surface area contributed by atoms with Crippen molar-refractivity contribution in [2.75, 3.05) is 0 Å². The summed E-state index contributed by atoms with van der Waals surface area (Å²) in [6.07, 6.45) is 6.67. The van der Waals surface area contributed by atoms with Crippen LogP contribution in [0.1, 0.15) is 50.3 Å². The van der Waals surface area contributed by atoms with E-state index in [0.717, 1.165) is 44.4 Å². The van der Waals surface area contributed by atoms with Crippen molar-refractivity contribution in [2.24, 2.45) is 5.73 Å². The number of hydrogen-bond donors (Lipinski definition) is 1. The molecule has 3 saturated carbocycles. The van der Waals surface area contributed by atoms with Gasteiger partial charge in [-0.15, -0.1) is 10.2 Å². The Bertz CT molecular complexity index is 360.